The second kappa shape index (κ2) is 8.24. The van der Waals surface area contributed by atoms with Crippen LogP contribution < -0.4 is 0 Å². The number of rotatable bonds is 2. The number of aliphatic hydroxyl groups excluding tert-OH is 1. The molecular weight excluding hydrogens is 398 g/mol. The van der Waals surface area contributed by atoms with Crippen molar-refractivity contribution in [1.29, 1.82) is 0 Å². The number of halogens is 4. The fourth-order valence-corrected chi connectivity index (χ4v) is 2.06. The SMILES string of the molecule is O=Cc1cc(Br)ccc1F.OCc1cc(Br)ccc1F. The van der Waals surface area contributed by atoms with Gasteiger partial charge < -0.3 is 5.11 Å². The molecular formula is C14H10Br2F2O2. The summed E-state index contributed by atoms with van der Waals surface area (Å²) in [5, 5.41) is 8.58. The van der Waals surface area contributed by atoms with E-state index in [0.29, 0.717) is 16.3 Å². The van der Waals surface area contributed by atoms with Crippen LogP contribution in [-0.4, -0.2) is 11.4 Å². The second-order valence-electron chi connectivity index (χ2n) is 3.68. The van der Waals surface area contributed by atoms with E-state index in [-0.39, 0.29) is 18.0 Å². The molecule has 20 heavy (non-hydrogen) atoms. The lowest BCUT2D eigenvalue weighted by Gasteiger charge is -1.97. The van der Waals surface area contributed by atoms with Crippen molar-refractivity contribution in [3.63, 3.8) is 0 Å². The maximum absolute atomic E-state index is 12.6. The first-order valence-electron chi connectivity index (χ1n) is 5.43. The first-order valence-corrected chi connectivity index (χ1v) is 7.01. The molecule has 0 aliphatic rings. The van der Waals surface area contributed by atoms with Gasteiger partial charge in [0.15, 0.2) is 6.29 Å². The number of aliphatic hydroxyl groups is 1. The molecule has 0 atom stereocenters. The average molecular weight is 408 g/mol. The number of aldehydes is 1. The van der Waals surface area contributed by atoms with E-state index in [1.165, 1.54) is 18.2 Å². The quantitative estimate of drug-likeness (QED) is 0.745. The van der Waals surface area contributed by atoms with Gasteiger partial charge in [-0.1, -0.05) is 31.9 Å². The van der Waals surface area contributed by atoms with Crippen molar-refractivity contribution >= 4 is 38.1 Å². The van der Waals surface area contributed by atoms with E-state index >= 15 is 0 Å². The molecule has 0 fully saturated rings. The Bertz CT molecular complexity index is 604. The molecule has 0 unspecified atom stereocenters. The molecule has 0 bridgehead atoms. The van der Waals surface area contributed by atoms with Gasteiger partial charge in [-0.15, -0.1) is 0 Å². The highest BCUT2D eigenvalue weighted by Crippen LogP contribution is 2.15. The van der Waals surface area contributed by atoms with Crippen LogP contribution in [0.2, 0.25) is 0 Å². The van der Waals surface area contributed by atoms with Crippen molar-refractivity contribution in [2.75, 3.05) is 0 Å². The Balaban J connectivity index is 0.000000200. The van der Waals surface area contributed by atoms with E-state index in [1.807, 2.05) is 0 Å². The maximum Gasteiger partial charge on any atom is 0.153 e. The largest absolute Gasteiger partial charge is 0.392 e. The van der Waals surface area contributed by atoms with E-state index in [2.05, 4.69) is 31.9 Å². The van der Waals surface area contributed by atoms with Gasteiger partial charge in [-0.05, 0) is 36.4 Å². The predicted octanol–water partition coefficient (Wildman–Crippen LogP) is 4.48. The lowest BCUT2D eigenvalue weighted by atomic mass is 10.2. The van der Waals surface area contributed by atoms with Gasteiger partial charge in [0.2, 0.25) is 0 Å². The zero-order chi connectivity index (χ0) is 15.1. The summed E-state index contributed by atoms with van der Waals surface area (Å²) >= 11 is 6.27. The summed E-state index contributed by atoms with van der Waals surface area (Å²) < 4.78 is 26.6. The third-order valence-electron chi connectivity index (χ3n) is 2.26. The molecule has 1 N–H and O–H groups in total. The van der Waals surface area contributed by atoms with Crippen LogP contribution in [0.4, 0.5) is 8.78 Å². The molecule has 0 heterocycles. The minimum Gasteiger partial charge on any atom is -0.392 e. The Labute approximate surface area is 131 Å². The fraction of sp³-hybridized carbons (Fsp3) is 0.0714. The Kier molecular flexibility index (Phi) is 6.98. The minimum atomic E-state index is -0.488. The Hall–Kier alpha value is -1.11. The summed E-state index contributed by atoms with van der Waals surface area (Å²) in [5.74, 6) is -0.857. The van der Waals surface area contributed by atoms with Crippen LogP contribution in [0.25, 0.3) is 0 Å². The summed E-state index contributed by atoms with van der Waals surface area (Å²) in [6.45, 7) is -0.259. The molecule has 0 saturated heterocycles. The van der Waals surface area contributed by atoms with Crippen LogP contribution in [0.1, 0.15) is 15.9 Å². The van der Waals surface area contributed by atoms with Gasteiger partial charge in [-0.3, -0.25) is 4.79 Å². The van der Waals surface area contributed by atoms with Crippen molar-refractivity contribution in [1.82, 2.24) is 0 Å². The van der Waals surface area contributed by atoms with E-state index in [1.54, 1.807) is 18.2 Å². The minimum absolute atomic E-state index is 0.0781. The molecule has 2 aromatic rings. The van der Waals surface area contributed by atoms with Crippen molar-refractivity contribution in [3.05, 3.63) is 68.1 Å². The highest BCUT2D eigenvalue weighted by atomic mass is 79.9. The monoisotopic (exact) mass is 406 g/mol. The highest BCUT2D eigenvalue weighted by molar-refractivity contribution is 9.10. The summed E-state index contributed by atoms with van der Waals surface area (Å²) in [6, 6.07) is 8.68. The molecule has 2 rings (SSSR count). The van der Waals surface area contributed by atoms with E-state index in [4.69, 9.17) is 5.11 Å². The molecule has 0 aliphatic heterocycles. The van der Waals surface area contributed by atoms with Crippen molar-refractivity contribution in [2.24, 2.45) is 0 Å². The van der Waals surface area contributed by atoms with Gasteiger partial charge in [-0.25, -0.2) is 8.78 Å². The molecule has 0 radical (unpaired) electrons. The molecule has 6 heteroatoms. The van der Waals surface area contributed by atoms with Crippen LogP contribution in [0.15, 0.2) is 45.3 Å². The fourth-order valence-electron chi connectivity index (χ4n) is 1.27. The zero-order valence-electron chi connectivity index (χ0n) is 10.1. The summed E-state index contributed by atoms with van der Waals surface area (Å²) in [4.78, 5) is 10.1. The Morgan fingerprint density at radius 3 is 2.00 bits per heavy atom. The first kappa shape index (κ1) is 16.9. The molecule has 0 saturated carbocycles. The topological polar surface area (TPSA) is 37.3 Å². The lowest BCUT2D eigenvalue weighted by Crippen LogP contribution is -1.87. The first-order chi connectivity index (χ1) is 9.47. The number of benzene rings is 2. The van der Waals surface area contributed by atoms with Gasteiger partial charge in [-0.2, -0.15) is 0 Å². The van der Waals surface area contributed by atoms with Crippen LogP contribution in [0, 0.1) is 11.6 Å². The van der Waals surface area contributed by atoms with Gasteiger partial charge in [0.1, 0.15) is 11.6 Å². The molecule has 0 aliphatic carbocycles. The summed E-state index contributed by atoms with van der Waals surface area (Å²) in [6.07, 6.45) is 0.486. The molecule has 2 aromatic carbocycles. The van der Waals surface area contributed by atoms with Crippen molar-refractivity contribution < 1.29 is 18.7 Å². The molecule has 0 aromatic heterocycles. The van der Waals surface area contributed by atoms with Crippen molar-refractivity contribution in [2.45, 2.75) is 6.61 Å². The highest BCUT2D eigenvalue weighted by Gasteiger charge is 1.99. The van der Waals surface area contributed by atoms with Crippen LogP contribution in [-0.2, 0) is 6.61 Å². The Morgan fingerprint density at radius 2 is 1.55 bits per heavy atom. The number of hydrogen-bond donors (Lipinski definition) is 1. The lowest BCUT2D eigenvalue weighted by molar-refractivity contribution is 0.111. The predicted molar refractivity (Wildman–Crippen MR) is 79.5 cm³/mol. The number of carbonyl (C=O) groups is 1. The Morgan fingerprint density at radius 1 is 1.00 bits per heavy atom. The van der Waals surface area contributed by atoms with E-state index < -0.39 is 5.82 Å². The maximum atomic E-state index is 12.6. The molecule has 0 spiro atoms. The van der Waals surface area contributed by atoms with Crippen molar-refractivity contribution in [3.8, 4) is 0 Å². The third kappa shape index (κ3) is 5.11. The molecule has 2 nitrogen and oxygen atoms in total. The number of hydrogen-bond acceptors (Lipinski definition) is 2. The summed E-state index contributed by atoms with van der Waals surface area (Å²) in [7, 11) is 0. The normalized spacial score (nSPS) is 9.65. The standard InChI is InChI=1S/C7H6BrFO.C7H4BrFO/c2*8-6-1-2-7(9)5(3-6)4-10/h1-3,10H,4H2;1-4H. The van der Waals surface area contributed by atoms with Crippen LogP contribution in [0.3, 0.4) is 0 Å². The van der Waals surface area contributed by atoms with Gasteiger partial charge >= 0.3 is 0 Å². The van der Waals surface area contributed by atoms with E-state index in [0.717, 1.165) is 4.47 Å². The zero-order valence-corrected chi connectivity index (χ0v) is 13.3. The third-order valence-corrected chi connectivity index (χ3v) is 3.25. The van der Waals surface area contributed by atoms with Gasteiger partial charge in [0.25, 0.3) is 0 Å². The van der Waals surface area contributed by atoms with E-state index in [9.17, 15) is 13.6 Å². The average Bonchev–Trinajstić information content (AvgIpc) is 2.44. The van der Waals surface area contributed by atoms with Crippen LogP contribution >= 0.6 is 31.9 Å². The summed E-state index contributed by atoms with van der Waals surface area (Å²) in [5.41, 5.74) is 0.392. The smallest absolute Gasteiger partial charge is 0.153 e. The van der Waals surface area contributed by atoms with Crippen LogP contribution in [0.5, 0.6) is 0 Å². The number of carbonyl (C=O) groups excluding carboxylic acids is 1. The molecule has 106 valence electrons. The molecule has 0 amide bonds. The van der Waals surface area contributed by atoms with Gasteiger partial charge in [0.05, 0.1) is 12.2 Å². The second-order valence-corrected chi connectivity index (χ2v) is 5.51. The van der Waals surface area contributed by atoms with Gasteiger partial charge in [0, 0.05) is 14.5 Å².